The number of ether oxygens (including phenoxy) is 3. The van der Waals surface area contributed by atoms with Crippen molar-refractivity contribution in [2.45, 2.75) is 71.5 Å². The highest BCUT2D eigenvalue weighted by molar-refractivity contribution is 5.57. The van der Waals surface area contributed by atoms with E-state index in [2.05, 4.69) is 13.8 Å². The highest BCUT2D eigenvalue weighted by Crippen LogP contribution is 2.08. The van der Waals surface area contributed by atoms with Crippen molar-refractivity contribution in [3.05, 3.63) is 0 Å². The summed E-state index contributed by atoms with van der Waals surface area (Å²) in [6.07, 6.45) is 4.12. The summed E-state index contributed by atoms with van der Waals surface area (Å²) in [5, 5.41) is 8.56. The first-order valence-corrected chi connectivity index (χ1v) is 7.72. The minimum atomic E-state index is -1.20. The van der Waals surface area contributed by atoms with E-state index in [9.17, 15) is 4.79 Å². The molecule has 0 spiro atoms. The summed E-state index contributed by atoms with van der Waals surface area (Å²) in [5.74, 6) is 0. The fourth-order valence-electron chi connectivity index (χ4n) is 1.79. The van der Waals surface area contributed by atoms with Gasteiger partial charge in [0.1, 0.15) is 6.10 Å². The molecular formula is C15H30O5. The Bertz CT molecular complexity index is 232. The molecule has 0 aliphatic heterocycles. The van der Waals surface area contributed by atoms with Crippen LogP contribution in [0.5, 0.6) is 0 Å². The van der Waals surface area contributed by atoms with E-state index in [4.69, 9.17) is 19.3 Å². The van der Waals surface area contributed by atoms with Gasteiger partial charge in [0.25, 0.3) is 0 Å². The lowest BCUT2D eigenvalue weighted by molar-refractivity contribution is -0.0220. The largest absolute Gasteiger partial charge is 0.506 e. The molecule has 0 saturated carbocycles. The van der Waals surface area contributed by atoms with Gasteiger partial charge >= 0.3 is 6.16 Å². The van der Waals surface area contributed by atoms with Crippen molar-refractivity contribution in [3.8, 4) is 0 Å². The van der Waals surface area contributed by atoms with E-state index in [0.29, 0.717) is 26.1 Å². The summed E-state index contributed by atoms with van der Waals surface area (Å²) in [7, 11) is 0. The maximum Gasteiger partial charge on any atom is 0.506 e. The van der Waals surface area contributed by atoms with Gasteiger partial charge in [0.15, 0.2) is 0 Å². The summed E-state index contributed by atoms with van der Waals surface area (Å²) in [6, 6.07) is 0. The van der Waals surface area contributed by atoms with Crippen LogP contribution < -0.4 is 0 Å². The normalized spacial score (nSPS) is 13.9. The van der Waals surface area contributed by atoms with Crippen LogP contribution >= 0.6 is 0 Å². The molecule has 1 N–H and O–H groups in total. The Morgan fingerprint density at radius 2 is 1.75 bits per heavy atom. The van der Waals surface area contributed by atoms with E-state index >= 15 is 0 Å². The average molecular weight is 290 g/mol. The van der Waals surface area contributed by atoms with Gasteiger partial charge in [-0.15, -0.1) is 0 Å². The van der Waals surface area contributed by atoms with Crippen molar-refractivity contribution in [1.82, 2.24) is 0 Å². The Balaban J connectivity index is 3.59. The number of carbonyl (C=O) groups is 1. The zero-order chi connectivity index (χ0) is 15.2. The summed E-state index contributed by atoms with van der Waals surface area (Å²) >= 11 is 0. The molecule has 0 radical (unpaired) electrons. The molecular weight excluding hydrogens is 260 g/mol. The molecule has 0 rings (SSSR count). The summed E-state index contributed by atoms with van der Waals surface area (Å²) in [5.41, 5.74) is 0. The lowest BCUT2D eigenvalue weighted by Gasteiger charge is -2.17. The smallest absolute Gasteiger partial charge is 0.450 e. The second-order valence-electron chi connectivity index (χ2n) is 4.89. The Morgan fingerprint density at radius 1 is 1.05 bits per heavy atom. The van der Waals surface area contributed by atoms with Crippen LogP contribution in [-0.4, -0.2) is 43.3 Å². The summed E-state index contributed by atoms with van der Waals surface area (Å²) < 4.78 is 16.0. The fourth-order valence-corrected chi connectivity index (χ4v) is 1.79. The molecule has 0 saturated heterocycles. The SMILES string of the molecule is CCCCOC(CC)COCCCC(CC)OC(=O)O. The first-order chi connectivity index (χ1) is 9.63. The zero-order valence-corrected chi connectivity index (χ0v) is 13.1. The van der Waals surface area contributed by atoms with Crippen LogP contribution in [0.4, 0.5) is 4.79 Å². The summed E-state index contributed by atoms with van der Waals surface area (Å²) in [6.45, 7) is 8.17. The van der Waals surface area contributed by atoms with E-state index in [-0.39, 0.29) is 12.2 Å². The fraction of sp³-hybridized carbons (Fsp3) is 0.933. The molecule has 0 amide bonds. The molecule has 2 atom stereocenters. The van der Waals surface area contributed by atoms with E-state index in [1.54, 1.807) is 0 Å². The van der Waals surface area contributed by atoms with Gasteiger partial charge < -0.3 is 19.3 Å². The van der Waals surface area contributed by atoms with Gasteiger partial charge in [-0.3, -0.25) is 0 Å². The lowest BCUT2D eigenvalue weighted by atomic mass is 10.1. The quantitative estimate of drug-likeness (QED) is 0.412. The monoisotopic (exact) mass is 290 g/mol. The van der Waals surface area contributed by atoms with E-state index in [0.717, 1.165) is 32.3 Å². The van der Waals surface area contributed by atoms with Crippen molar-refractivity contribution < 1.29 is 24.1 Å². The third-order valence-corrected chi connectivity index (χ3v) is 3.15. The van der Waals surface area contributed by atoms with Crippen molar-refractivity contribution in [2.24, 2.45) is 0 Å². The first-order valence-electron chi connectivity index (χ1n) is 7.72. The molecule has 120 valence electrons. The maximum absolute atomic E-state index is 10.4. The minimum absolute atomic E-state index is 0.166. The van der Waals surface area contributed by atoms with Crippen LogP contribution in [0.15, 0.2) is 0 Å². The van der Waals surface area contributed by atoms with Gasteiger partial charge in [-0.2, -0.15) is 0 Å². The predicted octanol–water partition coefficient (Wildman–Crippen LogP) is 3.85. The molecule has 20 heavy (non-hydrogen) atoms. The molecule has 2 unspecified atom stereocenters. The van der Waals surface area contributed by atoms with Crippen LogP contribution in [0.1, 0.15) is 59.3 Å². The maximum atomic E-state index is 10.4. The Morgan fingerprint density at radius 3 is 2.30 bits per heavy atom. The van der Waals surface area contributed by atoms with Gasteiger partial charge in [-0.25, -0.2) is 4.79 Å². The van der Waals surface area contributed by atoms with Crippen LogP contribution in [0.2, 0.25) is 0 Å². The molecule has 0 aliphatic rings. The predicted molar refractivity (Wildman–Crippen MR) is 78.2 cm³/mol. The molecule has 0 bridgehead atoms. The standard InChI is InChI=1S/C15H30O5/c1-4-7-11-19-14(6-3)12-18-10-8-9-13(5-2)20-15(16)17/h13-14H,4-12H2,1-3H3,(H,16,17). The molecule has 0 fully saturated rings. The van der Waals surface area contributed by atoms with Crippen LogP contribution in [0.3, 0.4) is 0 Å². The number of rotatable bonds is 13. The van der Waals surface area contributed by atoms with E-state index in [1.165, 1.54) is 0 Å². The van der Waals surface area contributed by atoms with Gasteiger partial charge in [0, 0.05) is 13.2 Å². The number of hydrogen-bond acceptors (Lipinski definition) is 4. The zero-order valence-electron chi connectivity index (χ0n) is 13.1. The Kier molecular flexibility index (Phi) is 12.7. The van der Waals surface area contributed by atoms with Crippen molar-refractivity contribution in [2.75, 3.05) is 19.8 Å². The summed E-state index contributed by atoms with van der Waals surface area (Å²) in [4.78, 5) is 10.4. The van der Waals surface area contributed by atoms with Crippen LogP contribution in [0.25, 0.3) is 0 Å². The van der Waals surface area contributed by atoms with Crippen molar-refractivity contribution in [1.29, 1.82) is 0 Å². The third-order valence-electron chi connectivity index (χ3n) is 3.15. The second kappa shape index (κ2) is 13.2. The van der Waals surface area contributed by atoms with Gasteiger partial charge in [-0.1, -0.05) is 27.2 Å². The molecule has 0 aliphatic carbocycles. The first kappa shape index (κ1) is 19.2. The Hall–Kier alpha value is -0.810. The van der Waals surface area contributed by atoms with E-state index in [1.807, 2.05) is 6.92 Å². The highest BCUT2D eigenvalue weighted by atomic mass is 16.7. The van der Waals surface area contributed by atoms with Crippen molar-refractivity contribution in [3.63, 3.8) is 0 Å². The van der Waals surface area contributed by atoms with Gasteiger partial charge in [0.05, 0.1) is 12.7 Å². The molecule has 0 heterocycles. The molecule has 0 aromatic heterocycles. The number of carboxylic acid groups (broad SMARTS) is 1. The van der Waals surface area contributed by atoms with Gasteiger partial charge in [-0.05, 0) is 32.1 Å². The van der Waals surface area contributed by atoms with Crippen molar-refractivity contribution >= 4 is 6.16 Å². The minimum Gasteiger partial charge on any atom is -0.450 e. The Labute approximate surface area is 122 Å². The highest BCUT2D eigenvalue weighted by Gasteiger charge is 2.11. The van der Waals surface area contributed by atoms with Crippen LogP contribution in [0, 0.1) is 0 Å². The average Bonchev–Trinajstić information content (AvgIpc) is 2.43. The molecule has 0 aromatic rings. The second-order valence-corrected chi connectivity index (χ2v) is 4.89. The molecule has 0 aromatic carbocycles. The van der Waals surface area contributed by atoms with E-state index < -0.39 is 6.16 Å². The third kappa shape index (κ3) is 11.1. The van der Waals surface area contributed by atoms with Gasteiger partial charge in [0.2, 0.25) is 0 Å². The molecule has 5 nitrogen and oxygen atoms in total. The number of hydrogen-bond donors (Lipinski definition) is 1. The lowest BCUT2D eigenvalue weighted by Crippen LogP contribution is -2.21. The molecule has 5 heteroatoms. The number of unbranched alkanes of at least 4 members (excludes halogenated alkanes) is 1. The van der Waals surface area contributed by atoms with Crippen LogP contribution in [-0.2, 0) is 14.2 Å². The topological polar surface area (TPSA) is 65.0 Å².